The number of oxazole rings is 1. The average Bonchev–Trinajstić information content (AvgIpc) is 2.87. The van der Waals surface area contributed by atoms with Gasteiger partial charge in [0.05, 0.1) is 6.54 Å². The number of ketones is 1. The van der Waals surface area contributed by atoms with Crippen molar-refractivity contribution in [1.82, 2.24) is 9.88 Å². The van der Waals surface area contributed by atoms with Gasteiger partial charge in [-0.25, -0.2) is 9.37 Å². The van der Waals surface area contributed by atoms with E-state index in [4.69, 9.17) is 4.42 Å². The third kappa shape index (κ3) is 3.52. The minimum absolute atomic E-state index is 0.160. The van der Waals surface area contributed by atoms with E-state index in [2.05, 4.69) is 4.98 Å². The van der Waals surface area contributed by atoms with Crippen LogP contribution in [0.15, 0.2) is 22.6 Å². The first-order valence-corrected chi connectivity index (χ1v) is 7.21. The summed E-state index contributed by atoms with van der Waals surface area (Å²) >= 11 is 0. The van der Waals surface area contributed by atoms with Crippen molar-refractivity contribution in [3.05, 3.63) is 29.9 Å². The minimum atomic E-state index is -4.77. The van der Waals surface area contributed by atoms with Crippen LogP contribution >= 0.6 is 0 Å². The molecular formula is C15H14F4N2O2. The number of Topliss-reactive ketones (excluding diaryl/α,β-unsaturated/α-hetero) is 1. The van der Waals surface area contributed by atoms with Gasteiger partial charge in [-0.15, -0.1) is 0 Å². The third-order valence-corrected chi connectivity index (χ3v) is 3.99. The molecule has 1 fully saturated rings. The van der Waals surface area contributed by atoms with E-state index in [1.165, 1.54) is 18.2 Å². The van der Waals surface area contributed by atoms with Crippen molar-refractivity contribution in [3.8, 4) is 0 Å². The van der Waals surface area contributed by atoms with Crippen molar-refractivity contribution in [2.24, 2.45) is 5.92 Å². The second-order valence-corrected chi connectivity index (χ2v) is 5.63. The lowest BCUT2D eigenvalue weighted by molar-refractivity contribution is -0.177. The van der Waals surface area contributed by atoms with Crippen LogP contribution in [0.1, 0.15) is 18.7 Å². The summed E-state index contributed by atoms with van der Waals surface area (Å²) in [5.41, 5.74) is 0.866. The Bertz CT molecular complexity index is 718. The Balaban J connectivity index is 1.61. The molecule has 0 atom stereocenters. The molecule has 1 saturated heterocycles. The van der Waals surface area contributed by atoms with Gasteiger partial charge in [-0.1, -0.05) is 0 Å². The van der Waals surface area contributed by atoms with E-state index in [9.17, 15) is 22.4 Å². The van der Waals surface area contributed by atoms with Gasteiger partial charge < -0.3 is 4.42 Å². The number of carbonyl (C=O) groups is 1. The zero-order chi connectivity index (χ0) is 16.6. The molecule has 1 aromatic carbocycles. The molecule has 124 valence electrons. The van der Waals surface area contributed by atoms with E-state index >= 15 is 0 Å². The molecule has 0 amide bonds. The highest BCUT2D eigenvalue weighted by Gasteiger charge is 2.43. The molecule has 0 radical (unpaired) electrons. The van der Waals surface area contributed by atoms with Crippen LogP contribution in [0.2, 0.25) is 0 Å². The molecular weight excluding hydrogens is 316 g/mol. The smallest absolute Gasteiger partial charge is 0.439 e. The minimum Gasteiger partial charge on any atom is -0.439 e. The molecule has 0 saturated carbocycles. The lowest BCUT2D eigenvalue weighted by Crippen LogP contribution is -2.40. The van der Waals surface area contributed by atoms with Crippen molar-refractivity contribution in [2.45, 2.75) is 25.6 Å². The Kier molecular flexibility index (Phi) is 4.09. The number of hydrogen-bond acceptors (Lipinski definition) is 4. The topological polar surface area (TPSA) is 46.3 Å². The third-order valence-electron chi connectivity index (χ3n) is 3.99. The molecule has 2 heterocycles. The van der Waals surface area contributed by atoms with Gasteiger partial charge in [-0.2, -0.15) is 13.2 Å². The van der Waals surface area contributed by atoms with Crippen molar-refractivity contribution in [1.29, 1.82) is 0 Å². The highest BCUT2D eigenvalue weighted by atomic mass is 19.4. The number of benzene rings is 1. The summed E-state index contributed by atoms with van der Waals surface area (Å²) in [5, 5.41) is 0. The molecule has 0 bridgehead atoms. The van der Waals surface area contributed by atoms with Crippen LogP contribution in [0.5, 0.6) is 0 Å². The number of hydrogen-bond donors (Lipinski definition) is 0. The SMILES string of the molecule is O=C(C1CCN(Cc2nc3cc(F)ccc3o2)CC1)C(F)(F)F. The van der Waals surface area contributed by atoms with Gasteiger partial charge in [-0.3, -0.25) is 9.69 Å². The Morgan fingerprint density at radius 3 is 2.65 bits per heavy atom. The maximum Gasteiger partial charge on any atom is 0.450 e. The van der Waals surface area contributed by atoms with Crippen molar-refractivity contribution in [3.63, 3.8) is 0 Å². The lowest BCUT2D eigenvalue weighted by atomic mass is 9.92. The number of piperidine rings is 1. The Hall–Kier alpha value is -1.96. The molecule has 2 aromatic rings. The largest absolute Gasteiger partial charge is 0.450 e. The van der Waals surface area contributed by atoms with E-state index < -0.39 is 23.7 Å². The van der Waals surface area contributed by atoms with Gasteiger partial charge >= 0.3 is 6.18 Å². The number of aromatic nitrogens is 1. The van der Waals surface area contributed by atoms with Gasteiger partial charge in [0.2, 0.25) is 11.7 Å². The first-order valence-electron chi connectivity index (χ1n) is 7.21. The molecule has 1 aliphatic rings. The molecule has 8 heteroatoms. The summed E-state index contributed by atoms with van der Waals surface area (Å²) < 4.78 is 55.8. The van der Waals surface area contributed by atoms with Crippen molar-refractivity contribution < 1.29 is 26.8 Å². The fourth-order valence-electron chi connectivity index (χ4n) is 2.79. The van der Waals surface area contributed by atoms with Crippen LogP contribution in [-0.2, 0) is 11.3 Å². The maximum atomic E-state index is 13.1. The standard InChI is InChI=1S/C15H14F4N2O2/c16-10-1-2-12-11(7-10)20-13(23-12)8-21-5-3-9(4-6-21)14(22)15(17,18)19/h1-2,7,9H,3-6,8H2. The van der Waals surface area contributed by atoms with Crippen molar-refractivity contribution >= 4 is 16.9 Å². The summed E-state index contributed by atoms with van der Waals surface area (Å²) in [6, 6.07) is 4.01. The van der Waals surface area contributed by atoms with Crippen LogP contribution in [0, 0.1) is 11.7 Å². The first kappa shape index (κ1) is 15.9. The lowest BCUT2D eigenvalue weighted by Gasteiger charge is -2.30. The molecule has 0 aliphatic carbocycles. The maximum absolute atomic E-state index is 13.1. The van der Waals surface area contributed by atoms with Crippen LogP contribution in [0.25, 0.3) is 11.1 Å². The summed E-state index contributed by atoms with van der Waals surface area (Å²) in [6.07, 6.45) is -4.45. The fraction of sp³-hybridized carbons (Fsp3) is 0.467. The van der Waals surface area contributed by atoms with Crippen LogP contribution in [0.4, 0.5) is 17.6 Å². The number of rotatable bonds is 3. The molecule has 4 nitrogen and oxygen atoms in total. The zero-order valence-corrected chi connectivity index (χ0v) is 12.1. The number of carbonyl (C=O) groups excluding carboxylic acids is 1. The second-order valence-electron chi connectivity index (χ2n) is 5.63. The van der Waals surface area contributed by atoms with E-state index in [-0.39, 0.29) is 12.8 Å². The fourth-order valence-corrected chi connectivity index (χ4v) is 2.79. The van der Waals surface area contributed by atoms with E-state index in [0.717, 1.165) is 0 Å². The number of fused-ring (bicyclic) bond motifs is 1. The van der Waals surface area contributed by atoms with Crippen LogP contribution < -0.4 is 0 Å². The van der Waals surface area contributed by atoms with Crippen LogP contribution in [0.3, 0.4) is 0 Å². The molecule has 23 heavy (non-hydrogen) atoms. The van der Waals surface area contributed by atoms with Gasteiger partial charge in [0, 0.05) is 12.0 Å². The number of alkyl halides is 3. The van der Waals surface area contributed by atoms with E-state index in [1.54, 1.807) is 0 Å². The average molecular weight is 330 g/mol. The summed E-state index contributed by atoms with van der Waals surface area (Å²) in [4.78, 5) is 17.3. The van der Waals surface area contributed by atoms with E-state index in [1.807, 2.05) is 4.90 Å². The number of nitrogens with zero attached hydrogens (tertiary/aromatic N) is 2. The Labute approximate surface area is 129 Å². The summed E-state index contributed by atoms with van der Waals surface area (Å²) in [5.74, 6) is -2.64. The molecule has 0 N–H and O–H groups in total. The predicted octanol–water partition coefficient (Wildman–Crippen LogP) is 3.31. The first-order chi connectivity index (χ1) is 10.8. The van der Waals surface area contributed by atoms with Crippen molar-refractivity contribution in [2.75, 3.05) is 13.1 Å². The second kappa shape index (κ2) is 5.92. The zero-order valence-electron chi connectivity index (χ0n) is 12.1. The summed E-state index contributed by atoms with van der Waals surface area (Å²) in [7, 11) is 0. The van der Waals surface area contributed by atoms with E-state index in [0.29, 0.717) is 36.6 Å². The van der Waals surface area contributed by atoms with Gasteiger partial charge in [0.15, 0.2) is 5.58 Å². The monoisotopic (exact) mass is 330 g/mol. The molecule has 0 unspecified atom stereocenters. The highest BCUT2D eigenvalue weighted by molar-refractivity contribution is 5.86. The predicted molar refractivity (Wildman–Crippen MR) is 73.0 cm³/mol. The van der Waals surface area contributed by atoms with Crippen LogP contribution in [-0.4, -0.2) is 34.9 Å². The summed E-state index contributed by atoms with van der Waals surface area (Å²) in [6.45, 7) is 1.04. The quantitative estimate of drug-likeness (QED) is 0.810. The molecule has 0 spiro atoms. The van der Waals surface area contributed by atoms with Gasteiger partial charge in [-0.05, 0) is 38.1 Å². The Morgan fingerprint density at radius 2 is 2.00 bits per heavy atom. The van der Waals surface area contributed by atoms with Gasteiger partial charge in [0.1, 0.15) is 11.3 Å². The number of likely N-dealkylation sites (tertiary alicyclic amines) is 1. The van der Waals surface area contributed by atoms with Gasteiger partial charge in [0.25, 0.3) is 0 Å². The molecule has 1 aliphatic heterocycles. The number of halogens is 4. The molecule has 3 rings (SSSR count). The highest BCUT2D eigenvalue weighted by Crippen LogP contribution is 2.28. The normalized spacial score (nSPS) is 17.7. The molecule has 1 aromatic heterocycles. The Morgan fingerprint density at radius 1 is 1.30 bits per heavy atom.